The van der Waals surface area contributed by atoms with Gasteiger partial charge in [0.25, 0.3) is 0 Å². The number of anilines is 1. The van der Waals surface area contributed by atoms with Crippen molar-refractivity contribution in [2.45, 2.75) is 30.7 Å². The van der Waals surface area contributed by atoms with E-state index in [0.29, 0.717) is 5.69 Å². The van der Waals surface area contributed by atoms with Crippen molar-refractivity contribution in [3.8, 4) is 0 Å². The number of benzene rings is 1. The largest absolute Gasteiger partial charge is 0.326 e. The fourth-order valence-corrected chi connectivity index (χ4v) is 2.44. The standard InChI is InChI=1S/C13H21N3O3S/c1-13(2,14)9-12(17)15-10-5-7-11(8-6-10)20(18,19)16(3)4/h5-8H,9,14H2,1-4H3,(H,15,17). The Morgan fingerprint density at radius 3 is 2.15 bits per heavy atom. The molecule has 1 aromatic rings. The van der Waals surface area contributed by atoms with Gasteiger partial charge in [-0.25, -0.2) is 12.7 Å². The van der Waals surface area contributed by atoms with Gasteiger partial charge >= 0.3 is 0 Å². The summed E-state index contributed by atoms with van der Waals surface area (Å²) in [5.41, 5.74) is 5.71. The summed E-state index contributed by atoms with van der Waals surface area (Å²) in [4.78, 5) is 11.9. The fraction of sp³-hybridized carbons (Fsp3) is 0.462. The second kappa shape index (κ2) is 5.90. The molecule has 0 heterocycles. The molecule has 20 heavy (non-hydrogen) atoms. The molecule has 7 heteroatoms. The summed E-state index contributed by atoms with van der Waals surface area (Å²) in [7, 11) is -0.517. The Morgan fingerprint density at radius 1 is 1.25 bits per heavy atom. The number of hydrogen-bond acceptors (Lipinski definition) is 4. The fourth-order valence-electron chi connectivity index (χ4n) is 1.54. The molecule has 1 aromatic carbocycles. The minimum atomic E-state index is -3.45. The molecule has 0 saturated carbocycles. The zero-order chi connectivity index (χ0) is 15.6. The van der Waals surface area contributed by atoms with Crippen LogP contribution >= 0.6 is 0 Å². The van der Waals surface area contributed by atoms with Gasteiger partial charge in [-0.2, -0.15) is 0 Å². The van der Waals surface area contributed by atoms with Crippen LogP contribution in [0.3, 0.4) is 0 Å². The zero-order valence-corrected chi connectivity index (χ0v) is 13.0. The quantitative estimate of drug-likeness (QED) is 0.848. The monoisotopic (exact) mass is 299 g/mol. The van der Waals surface area contributed by atoms with Crippen molar-refractivity contribution in [2.75, 3.05) is 19.4 Å². The van der Waals surface area contributed by atoms with Crippen molar-refractivity contribution in [3.05, 3.63) is 24.3 Å². The van der Waals surface area contributed by atoms with Crippen LogP contribution in [0.1, 0.15) is 20.3 Å². The summed E-state index contributed by atoms with van der Waals surface area (Å²) in [5, 5.41) is 2.68. The van der Waals surface area contributed by atoms with Crippen molar-refractivity contribution in [2.24, 2.45) is 5.73 Å². The zero-order valence-electron chi connectivity index (χ0n) is 12.2. The first kappa shape index (κ1) is 16.6. The number of carbonyl (C=O) groups is 1. The maximum Gasteiger partial charge on any atom is 0.242 e. The molecule has 1 amide bonds. The summed E-state index contributed by atoms with van der Waals surface area (Å²) < 4.78 is 24.9. The number of rotatable bonds is 5. The number of nitrogens with one attached hydrogen (secondary N) is 1. The normalized spacial score (nSPS) is 12.5. The van der Waals surface area contributed by atoms with Crippen molar-refractivity contribution >= 4 is 21.6 Å². The third-order valence-corrected chi connectivity index (χ3v) is 4.36. The molecule has 0 fully saturated rings. The highest BCUT2D eigenvalue weighted by atomic mass is 32.2. The van der Waals surface area contributed by atoms with E-state index < -0.39 is 15.6 Å². The topological polar surface area (TPSA) is 92.5 Å². The average molecular weight is 299 g/mol. The first-order valence-corrected chi connectivity index (χ1v) is 7.58. The number of hydrogen-bond donors (Lipinski definition) is 2. The molecule has 0 aliphatic heterocycles. The smallest absolute Gasteiger partial charge is 0.242 e. The van der Waals surface area contributed by atoms with Crippen LogP contribution in [-0.2, 0) is 14.8 Å². The lowest BCUT2D eigenvalue weighted by molar-refractivity contribution is -0.117. The highest BCUT2D eigenvalue weighted by Crippen LogP contribution is 2.17. The first-order valence-electron chi connectivity index (χ1n) is 6.14. The molecular formula is C13H21N3O3S. The summed E-state index contributed by atoms with van der Waals surface area (Å²) in [6.07, 6.45) is 0.185. The van der Waals surface area contributed by atoms with Gasteiger partial charge in [0.1, 0.15) is 0 Å². The Kier molecular flexibility index (Phi) is 4.90. The summed E-state index contributed by atoms with van der Waals surface area (Å²) in [5.74, 6) is -0.208. The van der Waals surface area contributed by atoms with Gasteiger partial charge in [0.05, 0.1) is 4.90 Å². The van der Waals surface area contributed by atoms with Gasteiger partial charge in [-0.05, 0) is 38.1 Å². The molecule has 0 aromatic heterocycles. The number of sulfonamides is 1. The molecule has 3 N–H and O–H groups in total. The highest BCUT2D eigenvalue weighted by Gasteiger charge is 2.18. The van der Waals surface area contributed by atoms with E-state index in [4.69, 9.17) is 5.73 Å². The number of carbonyl (C=O) groups excluding carboxylic acids is 1. The third kappa shape index (κ3) is 4.59. The van der Waals surface area contributed by atoms with Gasteiger partial charge in [0, 0.05) is 31.7 Å². The van der Waals surface area contributed by atoms with E-state index in [0.717, 1.165) is 4.31 Å². The molecule has 0 unspecified atom stereocenters. The molecule has 112 valence electrons. The van der Waals surface area contributed by atoms with E-state index in [1.807, 2.05) is 0 Å². The molecule has 0 bridgehead atoms. The number of nitrogens with zero attached hydrogens (tertiary/aromatic N) is 1. The Morgan fingerprint density at radius 2 is 1.75 bits per heavy atom. The van der Waals surface area contributed by atoms with Crippen LogP contribution in [0.25, 0.3) is 0 Å². The molecule has 6 nitrogen and oxygen atoms in total. The van der Waals surface area contributed by atoms with Gasteiger partial charge in [-0.1, -0.05) is 0 Å². The van der Waals surface area contributed by atoms with E-state index in [-0.39, 0.29) is 17.2 Å². The molecule has 0 aliphatic rings. The number of amides is 1. The third-order valence-electron chi connectivity index (χ3n) is 2.53. The van der Waals surface area contributed by atoms with Crippen LogP contribution in [0.5, 0.6) is 0 Å². The van der Waals surface area contributed by atoms with Crippen LogP contribution in [-0.4, -0.2) is 38.3 Å². The second-order valence-corrected chi connectivity index (χ2v) is 7.68. The molecule has 1 rings (SSSR count). The van der Waals surface area contributed by atoms with Gasteiger partial charge in [0.2, 0.25) is 15.9 Å². The molecule has 0 radical (unpaired) electrons. The maximum absolute atomic E-state index is 11.9. The summed E-state index contributed by atoms with van der Waals surface area (Å²) in [6.45, 7) is 3.53. The maximum atomic E-state index is 11.9. The molecule has 0 spiro atoms. The first-order chi connectivity index (χ1) is 9.02. The van der Waals surface area contributed by atoms with Crippen LogP contribution < -0.4 is 11.1 Å². The second-order valence-electron chi connectivity index (χ2n) is 5.53. The summed E-state index contributed by atoms with van der Waals surface area (Å²) in [6, 6.07) is 6.02. The van der Waals surface area contributed by atoms with Gasteiger partial charge < -0.3 is 11.1 Å². The van der Waals surface area contributed by atoms with Gasteiger partial charge in [0.15, 0.2) is 0 Å². The van der Waals surface area contributed by atoms with Crippen LogP contribution in [0.15, 0.2) is 29.2 Å². The minimum Gasteiger partial charge on any atom is -0.326 e. The lowest BCUT2D eigenvalue weighted by Gasteiger charge is -2.17. The highest BCUT2D eigenvalue weighted by molar-refractivity contribution is 7.89. The lowest BCUT2D eigenvalue weighted by atomic mass is 10.0. The lowest BCUT2D eigenvalue weighted by Crippen LogP contribution is -2.36. The molecule has 0 atom stereocenters. The van der Waals surface area contributed by atoms with E-state index in [1.165, 1.54) is 26.2 Å². The van der Waals surface area contributed by atoms with E-state index in [1.54, 1.807) is 26.0 Å². The Balaban J connectivity index is 2.81. The molecule has 0 saturated heterocycles. The Bertz CT molecular complexity index is 572. The SMILES string of the molecule is CN(C)S(=O)(=O)c1ccc(NC(=O)CC(C)(C)N)cc1. The van der Waals surface area contributed by atoms with E-state index >= 15 is 0 Å². The van der Waals surface area contributed by atoms with Crippen LogP contribution in [0.4, 0.5) is 5.69 Å². The predicted octanol–water partition coefficient (Wildman–Crippen LogP) is 1.00. The Labute approximate surface area is 120 Å². The summed E-state index contributed by atoms with van der Waals surface area (Å²) >= 11 is 0. The van der Waals surface area contributed by atoms with E-state index in [2.05, 4.69) is 5.32 Å². The van der Waals surface area contributed by atoms with Crippen molar-refractivity contribution in [3.63, 3.8) is 0 Å². The molecule has 0 aliphatic carbocycles. The van der Waals surface area contributed by atoms with Crippen LogP contribution in [0.2, 0.25) is 0 Å². The van der Waals surface area contributed by atoms with Crippen molar-refractivity contribution in [1.29, 1.82) is 0 Å². The predicted molar refractivity (Wildman–Crippen MR) is 78.8 cm³/mol. The van der Waals surface area contributed by atoms with Gasteiger partial charge in [-0.15, -0.1) is 0 Å². The molecular weight excluding hydrogens is 278 g/mol. The average Bonchev–Trinajstić information content (AvgIpc) is 2.26. The Hall–Kier alpha value is -1.44. The number of nitrogens with two attached hydrogens (primary N) is 1. The van der Waals surface area contributed by atoms with Crippen molar-refractivity contribution < 1.29 is 13.2 Å². The van der Waals surface area contributed by atoms with Crippen molar-refractivity contribution in [1.82, 2.24) is 4.31 Å². The van der Waals surface area contributed by atoms with Gasteiger partial charge in [-0.3, -0.25) is 4.79 Å². The van der Waals surface area contributed by atoms with E-state index in [9.17, 15) is 13.2 Å². The van der Waals surface area contributed by atoms with Crippen LogP contribution in [0, 0.1) is 0 Å². The minimum absolute atomic E-state index is 0.180.